The highest BCUT2D eigenvalue weighted by Gasteiger charge is 2.00. The Morgan fingerprint density at radius 3 is 2.60 bits per heavy atom. The molecule has 1 rings (SSSR count). The molecule has 84 valence electrons. The third-order valence-electron chi connectivity index (χ3n) is 1.86. The van der Waals surface area contributed by atoms with Gasteiger partial charge in [-0.3, -0.25) is 4.98 Å². The molecular weight excluding hydrogens is 188 g/mol. The van der Waals surface area contributed by atoms with Crippen molar-refractivity contribution in [1.82, 2.24) is 10.3 Å². The molecule has 0 radical (unpaired) electrons. The number of nitrogens with one attached hydrogen (secondary N) is 1. The van der Waals surface area contributed by atoms with Gasteiger partial charge in [0.25, 0.3) is 0 Å². The maximum Gasteiger partial charge on any atom is 0.138 e. The van der Waals surface area contributed by atoms with Crippen molar-refractivity contribution in [2.45, 2.75) is 46.4 Å². The van der Waals surface area contributed by atoms with E-state index in [1.807, 2.05) is 26.1 Å². The summed E-state index contributed by atoms with van der Waals surface area (Å²) in [7, 11) is 0. The van der Waals surface area contributed by atoms with Crippen molar-refractivity contribution in [2.75, 3.05) is 0 Å². The molecule has 0 aliphatic heterocycles. The van der Waals surface area contributed by atoms with Crippen LogP contribution in [0.3, 0.4) is 0 Å². The second-order valence-electron chi connectivity index (χ2n) is 4.23. The van der Waals surface area contributed by atoms with Crippen LogP contribution in [0.15, 0.2) is 18.5 Å². The maximum absolute atomic E-state index is 5.57. The van der Waals surface area contributed by atoms with Gasteiger partial charge in [-0.05, 0) is 25.5 Å². The van der Waals surface area contributed by atoms with Gasteiger partial charge >= 0.3 is 0 Å². The summed E-state index contributed by atoms with van der Waals surface area (Å²) in [5.74, 6) is 0.841. The van der Waals surface area contributed by atoms with Crippen molar-refractivity contribution in [2.24, 2.45) is 0 Å². The number of hydrogen-bond donors (Lipinski definition) is 1. The zero-order valence-electron chi connectivity index (χ0n) is 9.95. The summed E-state index contributed by atoms with van der Waals surface area (Å²) in [5.41, 5.74) is 1.15. The summed E-state index contributed by atoms with van der Waals surface area (Å²) >= 11 is 0. The SMILES string of the molecule is CC(C)NCc1cncc(OC(C)C)c1. The fraction of sp³-hybridized carbons (Fsp3) is 0.583. The Bertz CT molecular complexity index is 297. The molecule has 0 aromatic carbocycles. The molecule has 0 fully saturated rings. The third kappa shape index (κ3) is 4.79. The van der Waals surface area contributed by atoms with E-state index >= 15 is 0 Å². The average Bonchev–Trinajstić information content (AvgIpc) is 2.14. The molecule has 15 heavy (non-hydrogen) atoms. The molecule has 0 saturated carbocycles. The summed E-state index contributed by atoms with van der Waals surface area (Å²) < 4.78 is 5.57. The predicted molar refractivity (Wildman–Crippen MR) is 62.0 cm³/mol. The highest BCUT2D eigenvalue weighted by Crippen LogP contribution is 2.12. The van der Waals surface area contributed by atoms with Crippen LogP contribution in [0.1, 0.15) is 33.3 Å². The quantitative estimate of drug-likeness (QED) is 0.806. The van der Waals surface area contributed by atoms with E-state index in [1.165, 1.54) is 0 Å². The monoisotopic (exact) mass is 208 g/mol. The number of rotatable bonds is 5. The average molecular weight is 208 g/mol. The molecule has 1 aromatic heterocycles. The van der Waals surface area contributed by atoms with Crippen LogP contribution in [0, 0.1) is 0 Å². The van der Waals surface area contributed by atoms with Crippen LogP contribution in [-0.4, -0.2) is 17.1 Å². The van der Waals surface area contributed by atoms with Crippen LogP contribution >= 0.6 is 0 Å². The minimum Gasteiger partial charge on any atom is -0.489 e. The summed E-state index contributed by atoms with van der Waals surface area (Å²) in [6.45, 7) is 9.11. The Balaban J connectivity index is 2.57. The van der Waals surface area contributed by atoms with Gasteiger partial charge in [0.15, 0.2) is 0 Å². The van der Waals surface area contributed by atoms with Gasteiger partial charge in [-0.15, -0.1) is 0 Å². The first-order valence-corrected chi connectivity index (χ1v) is 5.42. The fourth-order valence-electron chi connectivity index (χ4n) is 1.22. The van der Waals surface area contributed by atoms with Crippen molar-refractivity contribution in [3.05, 3.63) is 24.0 Å². The summed E-state index contributed by atoms with van der Waals surface area (Å²) in [6, 6.07) is 2.52. The van der Waals surface area contributed by atoms with Gasteiger partial charge in [0.2, 0.25) is 0 Å². The molecule has 1 aromatic rings. The number of nitrogens with zero attached hydrogens (tertiary/aromatic N) is 1. The van der Waals surface area contributed by atoms with Crippen molar-refractivity contribution in [3.8, 4) is 5.75 Å². The molecule has 0 aliphatic rings. The molecule has 0 saturated heterocycles. The molecule has 0 aliphatic carbocycles. The predicted octanol–water partition coefficient (Wildman–Crippen LogP) is 2.37. The van der Waals surface area contributed by atoms with Gasteiger partial charge in [-0.2, -0.15) is 0 Å². The summed E-state index contributed by atoms with van der Waals surface area (Å²) in [5, 5.41) is 3.35. The first kappa shape index (κ1) is 12.0. The van der Waals surface area contributed by atoms with Crippen LogP contribution in [0.25, 0.3) is 0 Å². The van der Waals surface area contributed by atoms with E-state index in [9.17, 15) is 0 Å². The molecule has 0 unspecified atom stereocenters. The molecule has 0 atom stereocenters. The van der Waals surface area contributed by atoms with Crippen molar-refractivity contribution in [3.63, 3.8) is 0 Å². The lowest BCUT2D eigenvalue weighted by Gasteiger charge is -2.11. The topological polar surface area (TPSA) is 34.2 Å². The van der Waals surface area contributed by atoms with Gasteiger partial charge in [0.05, 0.1) is 12.3 Å². The second kappa shape index (κ2) is 5.71. The fourth-order valence-corrected chi connectivity index (χ4v) is 1.22. The van der Waals surface area contributed by atoms with Gasteiger partial charge in [-0.1, -0.05) is 13.8 Å². The molecule has 0 bridgehead atoms. The zero-order chi connectivity index (χ0) is 11.3. The van der Waals surface area contributed by atoms with E-state index in [1.54, 1.807) is 6.20 Å². The van der Waals surface area contributed by atoms with Crippen molar-refractivity contribution >= 4 is 0 Å². The zero-order valence-corrected chi connectivity index (χ0v) is 9.95. The number of pyridine rings is 1. The van der Waals surface area contributed by atoms with Gasteiger partial charge in [0.1, 0.15) is 5.75 Å². The van der Waals surface area contributed by atoms with E-state index in [0.717, 1.165) is 17.9 Å². The Morgan fingerprint density at radius 1 is 1.27 bits per heavy atom. The normalized spacial score (nSPS) is 11.1. The first-order chi connectivity index (χ1) is 7.08. The lowest BCUT2D eigenvalue weighted by molar-refractivity contribution is 0.241. The van der Waals surface area contributed by atoms with Crippen LogP contribution in [0.4, 0.5) is 0 Å². The van der Waals surface area contributed by atoms with Crippen LogP contribution in [0.5, 0.6) is 5.75 Å². The van der Waals surface area contributed by atoms with Crippen LogP contribution < -0.4 is 10.1 Å². The largest absolute Gasteiger partial charge is 0.489 e. The van der Waals surface area contributed by atoms with Crippen LogP contribution in [0.2, 0.25) is 0 Å². The Kier molecular flexibility index (Phi) is 4.56. The third-order valence-corrected chi connectivity index (χ3v) is 1.86. The van der Waals surface area contributed by atoms with Gasteiger partial charge < -0.3 is 10.1 Å². The van der Waals surface area contributed by atoms with E-state index in [-0.39, 0.29) is 6.10 Å². The van der Waals surface area contributed by atoms with E-state index < -0.39 is 0 Å². The molecular formula is C12H20N2O. The second-order valence-corrected chi connectivity index (χ2v) is 4.23. The first-order valence-electron chi connectivity index (χ1n) is 5.42. The van der Waals surface area contributed by atoms with E-state index in [2.05, 4.69) is 24.1 Å². The number of aromatic nitrogens is 1. The van der Waals surface area contributed by atoms with Gasteiger partial charge in [0, 0.05) is 18.8 Å². The molecule has 1 N–H and O–H groups in total. The van der Waals surface area contributed by atoms with Crippen molar-refractivity contribution in [1.29, 1.82) is 0 Å². The summed E-state index contributed by atoms with van der Waals surface area (Å²) in [6.07, 6.45) is 3.81. The van der Waals surface area contributed by atoms with E-state index in [4.69, 9.17) is 4.74 Å². The Hall–Kier alpha value is -1.09. The molecule has 0 spiro atoms. The molecule has 0 amide bonds. The molecule has 3 heteroatoms. The Morgan fingerprint density at radius 2 is 2.00 bits per heavy atom. The molecule has 1 heterocycles. The molecule has 3 nitrogen and oxygen atoms in total. The number of hydrogen-bond acceptors (Lipinski definition) is 3. The summed E-state index contributed by atoms with van der Waals surface area (Å²) in [4.78, 5) is 4.15. The highest BCUT2D eigenvalue weighted by molar-refractivity contribution is 5.23. The minimum absolute atomic E-state index is 0.195. The number of ether oxygens (including phenoxy) is 1. The van der Waals surface area contributed by atoms with Gasteiger partial charge in [-0.25, -0.2) is 0 Å². The smallest absolute Gasteiger partial charge is 0.138 e. The van der Waals surface area contributed by atoms with E-state index in [0.29, 0.717) is 6.04 Å². The lowest BCUT2D eigenvalue weighted by Crippen LogP contribution is -2.21. The lowest BCUT2D eigenvalue weighted by atomic mass is 10.2. The van der Waals surface area contributed by atoms with Crippen molar-refractivity contribution < 1.29 is 4.74 Å². The maximum atomic E-state index is 5.57. The van der Waals surface area contributed by atoms with Crippen LogP contribution in [-0.2, 0) is 6.54 Å². The minimum atomic E-state index is 0.195. The standard InChI is InChI=1S/C12H20N2O/c1-9(2)14-7-11-5-12(8-13-6-11)15-10(3)4/h5-6,8-10,14H,7H2,1-4H3. The Labute approximate surface area is 91.9 Å². The highest BCUT2D eigenvalue weighted by atomic mass is 16.5.